The number of anilines is 1. The Morgan fingerprint density at radius 3 is 2.39 bits per heavy atom. The highest BCUT2D eigenvalue weighted by molar-refractivity contribution is 5.92. The smallest absolute Gasteiger partial charge is 0.135 e. The Morgan fingerprint density at radius 2 is 1.58 bits per heavy atom. The van der Waals surface area contributed by atoms with Gasteiger partial charge in [0.05, 0.1) is 11.4 Å². The van der Waals surface area contributed by atoms with Crippen LogP contribution in [0.2, 0.25) is 0 Å². The highest BCUT2D eigenvalue weighted by Gasteiger charge is 2.07. The second kappa shape index (κ2) is 8.32. The van der Waals surface area contributed by atoms with E-state index >= 15 is 0 Å². The Bertz CT molecular complexity index is 1330. The molecule has 0 aliphatic carbocycles. The summed E-state index contributed by atoms with van der Waals surface area (Å²) in [7, 11) is 0. The van der Waals surface area contributed by atoms with Gasteiger partial charge in [-0.3, -0.25) is 15.0 Å². The third kappa shape index (κ3) is 4.12. The molecule has 5 heteroatoms. The number of aromatic nitrogens is 4. The number of hydrogen-bond acceptors (Lipinski definition) is 5. The van der Waals surface area contributed by atoms with Crippen molar-refractivity contribution in [1.82, 2.24) is 19.9 Å². The molecule has 0 unspecified atom stereocenters. The third-order valence-electron chi connectivity index (χ3n) is 5.22. The van der Waals surface area contributed by atoms with Crippen molar-refractivity contribution in [3.8, 4) is 22.5 Å². The summed E-state index contributed by atoms with van der Waals surface area (Å²) in [5.41, 5.74) is 6.28. The van der Waals surface area contributed by atoms with E-state index in [1.807, 2.05) is 55.8 Å². The van der Waals surface area contributed by atoms with E-state index in [1.54, 1.807) is 6.20 Å². The van der Waals surface area contributed by atoms with Crippen LogP contribution >= 0.6 is 0 Å². The Kier molecular flexibility index (Phi) is 5.07. The van der Waals surface area contributed by atoms with Crippen molar-refractivity contribution in [3.05, 3.63) is 103 Å². The molecular weight excluding hydrogens is 382 g/mol. The van der Waals surface area contributed by atoms with Crippen LogP contribution in [-0.4, -0.2) is 19.9 Å². The molecule has 31 heavy (non-hydrogen) atoms. The first-order valence-corrected chi connectivity index (χ1v) is 10.2. The summed E-state index contributed by atoms with van der Waals surface area (Å²) in [6, 6.07) is 22.6. The molecular formula is C26H21N5. The number of nitrogens with one attached hydrogen (secondary N) is 1. The molecule has 0 atom stereocenters. The molecule has 150 valence electrons. The molecule has 0 amide bonds. The maximum absolute atomic E-state index is 4.60. The Morgan fingerprint density at radius 1 is 0.710 bits per heavy atom. The lowest BCUT2D eigenvalue weighted by molar-refractivity contribution is 1.12. The monoisotopic (exact) mass is 403 g/mol. The molecule has 0 saturated carbocycles. The minimum atomic E-state index is 0.684. The molecule has 0 fully saturated rings. The van der Waals surface area contributed by atoms with Crippen molar-refractivity contribution in [3.63, 3.8) is 0 Å². The summed E-state index contributed by atoms with van der Waals surface area (Å²) in [6.45, 7) is 2.69. The van der Waals surface area contributed by atoms with E-state index in [9.17, 15) is 0 Å². The van der Waals surface area contributed by atoms with Gasteiger partial charge in [-0.2, -0.15) is 0 Å². The number of aryl methyl sites for hydroxylation is 1. The maximum Gasteiger partial charge on any atom is 0.135 e. The van der Waals surface area contributed by atoms with Gasteiger partial charge in [0.15, 0.2) is 0 Å². The predicted octanol–water partition coefficient (Wildman–Crippen LogP) is 5.67. The molecule has 1 N–H and O–H groups in total. The summed E-state index contributed by atoms with van der Waals surface area (Å²) < 4.78 is 0. The predicted molar refractivity (Wildman–Crippen MR) is 125 cm³/mol. The highest BCUT2D eigenvalue weighted by atomic mass is 15.0. The molecule has 5 rings (SSSR count). The first-order valence-electron chi connectivity index (χ1n) is 10.2. The van der Waals surface area contributed by atoms with Gasteiger partial charge in [0.2, 0.25) is 0 Å². The van der Waals surface area contributed by atoms with Crippen LogP contribution in [0.4, 0.5) is 5.82 Å². The normalized spacial score (nSPS) is 10.9. The van der Waals surface area contributed by atoms with E-state index in [1.165, 1.54) is 16.7 Å². The first kappa shape index (κ1) is 18.9. The van der Waals surface area contributed by atoms with Crippen LogP contribution in [0.15, 0.2) is 91.5 Å². The maximum atomic E-state index is 4.60. The van der Waals surface area contributed by atoms with E-state index in [2.05, 4.69) is 61.7 Å². The van der Waals surface area contributed by atoms with Crippen molar-refractivity contribution in [2.75, 3.05) is 5.32 Å². The minimum absolute atomic E-state index is 0.684. The van der Waals surface area contributed by atoms with Crippen LogP contribution in [0, 0.1) is 6.92 Å². The largest absolute Gasteiger partial charge is 0.365 e. The average Bonchev–Trinajstić information content (AvgIpc) is 2.83. The quantitative estimate of drug-likeness (QED) is 0.409. The van der Waals surface area contributed by atoms with Crippen molar-refractivity contribution in [2.24, 2.45) is 0 Å². The molecule has 1 aromatic carbocycles. The Hall–Kier alpha value is -4.12. The minimum Gasteiger partial charge on any atom is -0.365 e. The van der Waals surface area contributed by atoms with Gasteiger partial charge < -0.3 is 5.32 Å². The van der Waals surface area contributed by atoms with Gasteiger partial charge in [-0.25, -0.2) is 4.98 Å². The fourth-order valence-electron chi connectivity index (χ4n) is 3.59. The van der Waals surface area contributed by atoms with Gasteiger partial charge in [0.1, 0.15) is 5.82 Å². The molecule has 4 heterocycles. The van der Waals surface area contributed by atoms with E-state index in [-0.39, 0.29) is 0 Å². The lowest BCUT2D eigenvalue weighted by atomic mass is 10.0. The molecule has 5 aromatic rings. The number of pyridine rings is 4. The standard InChI is InChI=1S/C26H21N5/c1-18-14-21(9-12-27-18)20-7-5-19(6-8-20)16-31-26-23-17-30-25(15-22(23)10-13-29-26)24-4-2-3-11-28-24/h2-15,17H,16H2,1H3,(H,29,31). The van der Waals surface area contributed by atoms with E-state index in [0.717, 1.165) is 33.7 Å². The molecule has 0 aliphatic rings. The van der Waals surface area contributed by atoms with Crippen LogP contribution in [0.25, 0.3) is 33.3 Å². The second-order valence-electron chi connectivity index (χ2n) is 7.40. The van der Waals surface area contributed by atoms with Crippen molar-refractivity contribution in [2.45, 2.75) is 13.5 Å². The first-order chi connectivity index (χ1) is 15.3. The zero-order valence-electron chi connectivity index (χ0n) is 17.2. The summed E-state index contributed by atoms with van der Waals surface area (Å²) >= 11 is 0. The summed E-state index contributed by atoms with van der Waals surface area (Å²) in [6.07, 6.45) is 7.31. The number of fused-ring (bicyclic) bond motifs is 1. The molecule has 0 saturated heterocycles. The van der Waals surface area contributed by atoms with Gasteiger partial charge in [-0.05, 0) is 65.4 Å². The van der Waals surface area contributed by atoms with Gasteiger partial charge >= 0.3 is 0 Å². The fourth-order valence-corrected chi connectivity index (χ4v) is 3.59. The molecule has 0 aliphatic heterocycles. The summed E-state index contributed by atoms with van der Waals surface area (Å²) in [5, 5.41) is 5.53. The fraction of sp³-hybridized carbons (Fsp3) is 0.0769. The molecule has 0 bridgehead atoms. The Labute approximate surface area is 180 Å². The van der Waals surface area contributed by atoms with E-state index in [4.69, 9.17) is 0 Å². The topological polar surface area (TPSA) is 63.6 Å². The lowest BCUT2D eigenvalue weighted by Crippen LogP contribution is -2.02. The van der Waals surface area contributed by atoms with Gasteiger partial charge in [-0.1, -0.05) is 30.3 Å². The molecule has 4 aromatic heterocycles. The zero-order valence-corrected chi connectivity index (χ0v) is 17.2. The summed E-state index contributed by atoms with van der Waals surface area (Å²) in [5.74, 6) is 0.825. The van der Waals surface area contributed by atoms with Crippen LogP contribution in [0.3, 0.4) is 0 Å². The van der Waals surface area contributed by atoms with Gasteiger partial charge in [-0.15, -0.1) is 0 Å². The highest BCUT2D eigenvalue weighted by Crippen LogP contribution is 2.25. The number of rotatable bonds is 5. The van der Waals surface area contributed by atoms with Crippen molar-refractivity contribution in [1.29, 1.82) is 0 Å². The van der Waals surface area contributed by atoms with Crippen LogP contribution in [0.1, 0.15) is 11.3 Å². The number of nitrogens with zero attached hydrogens (tertiary/aromatic N) is 4. The van der Waals surface area contributed by atoms with E-state index in [0.29, 0.717) is 6.54 Å². The second-order valence-corrected chi connectivity index (χ2v) is 7.40. The van der Waals surface area contributed by atoms with Gasteiger partial charge in [0, 0.05) is 42.4 Å². The molecule has 5 nitrogen and oxygen atoms in total. The molecule has 0 radical (unpaired) electrons. The van der Waals surface area contributed by atoms with Crippen molar-refractivity contribution < 1.29 is 0 Å². The lowest BCUT2D eigenvalue weighted by Gasteiger charge is -2.10. The van der Waals surface area contributed by atoms with Gasteiger partial charge in [0.25, 0.3) is 0 Å². The average molecular weight is 403 g/mol. The van der Waals surface area contributed by atoms with Crippen molar-refractivity contribution >= 4 is 16.6 Å². The molecule has 0 spiro atoms. The number of benzene rings is 1. The number of hydrogen-bond donors (Lipinski definition) is 1. The van der Waals surface area contributed by atoms with Crippen LogP contribution < -0.4 is 5.32 Å². The zero-order chi connectivity index (χ0) is 21.0. The van der Waals surface area contributed by atoms with E-state index < -0.39 is 0 Å². The SMILES string of the molecule is Cc1cc(-c2ccc(CNc3nccc4cc(-c5ccccn5)ncc34)cc2)ccn1. The third-order valence-corrected chi connectivity index (χ3v) is 5.22. The summed E-state index contributed by atoms with van der Waals surface area (Å²) in [4.78, 5) is 17.8. The van der Waals surface area contributed by atoms with Crippen LogP contribution in [0.5, 0.6) is 0 Å². The Balaban J connectivity index is 1.35. The van der Waals surface area contributed by atoms with Crippen LogP contribution in [-0.2, 0) is 6.54 Å².